The van der Waals surface area contributed by atoms with Crippen LogP contribution in [0.2, 0.25) is 0 Å². The molecule has 0 fully saturated rings. The Morgan fingerprint density at radius 1 is 1.39 bits per heavy atom. The summed E-state index contributed by atoms with van der Waals surface area (Å²) in [5.74, 6) is 0.643. The van der Waals surface area contributed by atoms with Crippen molar-refractivity contribution in [2.24, 2.45) is 7.05 Å². The largest absolute Gasteiger partial charge is 0.396 e. The maximum Gasteiger partial charge on any atom is 0.123 e. The molecule has 0 radical (unpaired) electrons. The molecule has 1 aromatic carbocycles. The van der Waals surface area contributed by atoms with E-state index in [-0.39, 0.29) is 12.4 Å². The molecule has 96 valence electrons. The number of hydrogen-bond acceptors (Lipinski definition) is 2. The van der Waals surface area contributed by atoms with Crippen molar-refractivity contribution in [1.82, 2.24) is 9.55 Å². The summed E-state index contributed by atoms with van der Waals surface area (Å²) in [4.78, 5) is 4.43. The normalized spacial score (nSPS) is 10.9. The van der Waals surface area contributed by atoms with Gasteiger partial charge < -0.3 is 9.67 Å². The van der Waals surface area contributed by atoms with Crippen molar-refractivity contribution in [3.8, 4) is 0 Å². The minimum absolute atomic E-state index is 0.0870. The standard InChI is InChI=1S/C14H17FN2O/c1-10-13(17(2)14(16-10)6-7-18)9-11-4-3-5-12(15)8-11/h3-5,8,18H,6-7,9H2,1-2H3. The number of benzene rings is 1. The van der Waals surface area contributed by atoms with E-state index in [4.69, 9.17) is 5.11 Å². The molecular weight excluding hydrogens is 231 g/mol. The number of rotatable bonds is 4. The van der Waals surface area contributed by atoms with Crippen LogP contribution in [0.5, 0.6) is 0 Å². The van der Waals surface area contributed by atoms with Crippen LogP contribution < -0.4 is 0 Å². The van der Waals surface area contributed by atoms with Crippen LogP contribution >= 0.6 is 0 Å². The Hall–Kier alpha value is -1.68. The van der Waals surface area contributed by atoms with Gasteiger partial charge in [-0.25, -0.2) is 9.37 Å². The fraction of sp³-hybridized carbons (Fsp3) is 0.357. The average molecular weight is 248 g/mol. The molecule has 1 heterocycles. The quantitative estimate of drug-likeness (QED) is 0.898. The molecule has 0 saturated heterocycles. The number of halogens is 1. The molecule has 1 N–H and O–H groups in total. The van der Waals surface area contributed by atoms with Gasteiger partial charge in [0, 0.05) is 25.6 Å². The van der Waals surface area contributed by atoms with Crippen LogP contribution in [0.15, 0.2) is 24.3 Å². The zero-order valence-electron chi connectivity index (χ0n) is 10.7. The maximum atomic E-state index is 13.1. The Morgan fingerprint density at radius 2 is 2.17 bits per heavy atom. The summed E-state index contributed by atoms with van der Waals surface area (Å²) in [6.45, 7) is 2.03. The minimum Gasteiger partial charge on any atom is -0.396 e. The summed E-state index contributed by atoms with van der Waals surface area (Å²) < 4.78 is 15.1. The van der Waals surface area contributed by atoms with E-state index in [0.29, 0.717) is 12.8 Å². The van der Waals surface area contributed by atoms with Crippen molar-refractivity contribution in [2.45, 2.75) is 19.8 Å². The lowest BCUT2D eigenvalue weighted by Gasteiger charge is -2.06. The topological polar surface area (TPSA) is 38.1 Å². The Bertz CT molecular complexity index is 549. The third kappa shape index (κ3) is 2.59. The Morgan fingerprint density at radius 3 is 2.83 bits per heavy atom. The molecule has 0 aliphatic rings. The highest BCUT2D eigenvalue weighted by atomic mass is 19.1. The zero-order chi connectivity index (χ0) is 13.1. The number of aromatic nitrogens is 2. The van der Waals surface area contributed by atoms with Crippen LogP contribution in [0.25, 0.3) is 0 Å². The molecule has 0 spiro atoms. The summed E-state index contributed by atoms with van der Waals surface area (Å²) in [6.07, 6.45) is 1.19. The molecule has 0 atom stereocenters. The van der Waals surface area contributed by atoms with E-state index in [0.717, 1.165) is 22.8 Å². The van der Waals surface area contributed by atoms with Gasteiger partial charge >= 0.3 is 0 Å². The van der Waals surface area contributed by atoms with Crippen molar-refractivity contribution in [3.05, 3.63) is 52.9 Å². The van der Waals surface area contributed by atoms with E-state index in [1.807, 2.05) is 24.6 Å². The third-order valence-electron chi connectivity index (χ3n) is 3.10. The molecule has 0 unspecified atom stereocenters. The SMILES string of the molecule is Cc1nc(CCO)n(C)c1Cc1cccc(F)c1. The highest BCUT2D eigenvalue weighted by molar-refractivity contribution is 5.26. The molecule has 2 rings (SSSR count). The highest BCUT2D eigenvalue weighted by Crippen LogP contribution is 2.16. The molecular formula is C14H17FN2O. The molecule has 0 saturated carbocycles. The molecule has 3 nitrogen and oxygen atoms in total. The minimum atomic E-state index is -0.220. The first-order valence-corrected chi connectivity index (χ1v) is 5.98. The summed E-state index contributed by atoms with van der Waals surface area (Å²) in [7, 11) is 1.93. The monoisotopic (exact) mass is 248 g/mol. The van der Waals surface area contributed by atoms with Crippen molar-refractivity contribution >= 4 is 0 Å². The lowest BCUT2D eigenvalue weighted by molar-refractivity contribution is 0.295. The molecule has 1 aromatic heterocycles. The lowest BCUT2D eigenvalue weighted by Crippen LogP contribution is -2.05. The van der Waals surface area contributed by atoms with Crippen molar-refractivity contribution in [3.63, 3.8) is 0 Å². The van der Waals surface area contributed by atoms with E-state index >= 15 is 0 Å². The van der Waals surface area contributed by atoms with Crippen LogP contribution in [0.1, 0.15) is 22.8 Å². The van der Waals surface area contributed by atoms with Crippen LogP contribution in [0.4, 0.5) is 4.39 Å². The molecule has 0 bridgehead atoms. The molecule has 4 heteroatoms. The predicted octanol–water partition coefficient (Wildman–Crippen LogP) is 1.99. The number of aliphatic hydroxyl groups is 1. The number of imidazole rings is 1. The number of hydrogen-bond donors (Lipinski definition) is 1. The third-order valence-corrected chi connectivity index (χ3v) is 3.10. The van der Waals surface area contributed by atoms with Gasteiger partial charge in [-0.3, -0.25) is 0 Å². The van der Waals surface area contributed by atoms with Gasteiger partial charge in [0.1, 0.15) is 11.6 Å². The molecule has 0 aliphatic heterocycles. The molecule has 0 aliphatic carbocycles. The summed E-state index contributed by atoms with van der Waals surface area (Å²) >= 11 is 0. The van der Waals surface area contributed by atoms with Gasteiger partial charge in [-0.2, -0.15) is 0 Å². The summed E-state index contributed by atoms with van der Waals surface area (Å²) in [6, 6.07) is 6.60. The van der Waals surface area contributed by atoms with Crippen molar-refractivity contribution in [2.75, 3.05) is 6.61 Å². The van der Waals surface area contributed by atoms with E-state index in [9.17, 15) is 4.39 Å². The summed E-state index contributed by atoms with van der Waals surface area (Å²) in [5.41, 5.74) is 2.92. The van der Waals surface area contributed by atoms with Gasteiger partial charge in [0.25, 0.3) is 0 Å². The van der Waals surface area contributed by atoms with E-state index in [1.165, 1.54) is 12.1 Å². The highest BCUT2D eigenvalue weighted by Gasteiger charge is 2.11. The second-order valence-corrected chi connectivity index (χ2v) is 4.40. The number of aryl methyl sites for hydroxylation is 1. The van der Waals surface area contributed by atoms with Gasteiger partial charge in [0.2, 0.25) is 0 Å². The Balaban J connectivity index is 2.29. The lowest BCUT2D eigenvalue weighted by atomic mass is 10.1. The Kier molecular flexibility index (Phi) is 3.77. The summed E-state index contributed by atoms with van der Waals surface area (Å²) in [5, 5.41) is 8.97. The van der Waals surface area contributed by atoms with Gasteiger partial charge in [-0.05, 0) is 24.6 Å². The van der Waals surface area contributed by atoms with Crippen LogP contribution in [-0.4, -0.2) is 21.3 Å². The predicted molar refractivity (Wildman–Crippen MR) is 67.9 cm³/mol. The van der Waals surface area contributed by atoms with E-state index in [1.54, 1.807) is 6.07 Å². The van der Waals surface area contributed by atoms with E-state index < -0.39 is 0 Å². The van der Waals surface area contributed by atoms with Gasteiger partial charge in [0.15, 0.2) is 0 Å². The molecule has 0 amide bonds. The van der Waals surface area contributed by atoms with Gasteiger partial charge in [-0.15, -0.1) is 0 Å². The smallest absolute Gasteiger partial charge is 0.123 e. The second-order valence-electron chi connectivity index (χ2n) is 4.40. The van der Waals surface area contributed by atoms with Gasteiger partial charge in [-0.1, -0.05) is 12.1 Å². The first-order valence-electron chi connectivity index (χ1n) is 5.98. The average Bonchev–Trinajstić information content (AvgIpc) is 2.58. The fourth-order valence-corrected chi connectivity index (χ4v) is 2.14. The van der Waals surface area contributed by atoms with Crippen molar-refractivity contribution in [1.29, 1.82) is 0 Å². The van der Waals surface area contributed by atoms with E-state index in [2.05, 4.69) is 4.98 Å². The van der Waals surface area contributed by atoms with Gasteiger partial charge in [0.05, 0.1) is 12.3 Å². The van der Waals surface area contributed by atoms with Crippen LogP contribution in [0.3, 0.4) is 0 Å². The second kappa shape index (κ2) is 5.31. The van der Waals surface area contributed by atoms with Crippen molar-refractivity contribution < 1.29 is 9.50 Å². The fourth-order valence-electron chi connectivity index (χ4n) is 2.14. The first-order chi connectivity index (χ1) is 8.61. The van der Waals surface area contributed by atoms with Crippen LogP contribution in [-0.2, 0) is 19.9 Å². The molecule has 2 aromatic rings. The van der Waals surface area contributed by atoms with Crippen LogP contribution in [0, 0.1) is 12.7 Å². The number of nitrogens with zero attached hydrogens (tertiary/aromatic N) is 2. The Labute approximate surface area is 106 Å². The number of aliphatic hydroxyl groups excluding tert-OH is 1. The molecule has 18 heavy (non-hydrogen) atoms. The zero-order valence-corrected chi connectivity index (χ0v) is 10.7. The first kappa shape index (κ1) is 12.8. The maximum absolute atomic E-state index is 13.1.